The second kappa shape index (κ2) is 45.0. The van der Waals surface area contributed by atoms with E-state index in [2.05, 4.69) is 57.1 Å². The molecule has 0 atom stereocenters. The van der Waals surface area contributed by atoms with E-state index in [9.17, 15) is 0 Å². The predicted octanol–water partition coefficient (Wildman–Crippen LogP) is 0.845. The van der Waals surface area contributed by atoms with Gasteiger partial charge in [-0.3, -0.25) is 0 Å². The summed E-state index contributed by atoms with van der Waals surface area (Å²) in [6, 6.07) is 4.07. The van der Waals surface area contributed by atoms with Crippen LogP contribution in [0.2, 0.25) is 0 Å². The Hall–Kier alpha value is -1.46. The maximum atomic E-state index is 7.50. The Kier molecular flexibility index (Phi) is 75.1. The van der Waals surface area contributed by atoms with E-state index in [0.29, 0.717) is 0 Å². The minimum atomic E-state index is 1.38. The summed E-state index contributed by atoms with van der Waals surface area (Å²) in [6.07, 6.45) is 4.12. The molecule has 0 unspecified atom stereocenters. The van der Waals surface area contributed by atoms with Crippen molar-refractivity contribution in [2.24, 2.45) is 0 Å². The van der Waals surface area contributed by atoms with Crippen LogP contribution in [0.5, 0.6) is 0 Å². The molecule has 1 rings (SSSR count). The van der Waals surface area contributed by atoms with Crippen LogP contribution in [-0.4, -0.2) is 8.59 Å². The van der Waals surface area contributed by atoms with Gasteiger partial charge in [0, 0.05) is 0 Å². The van der Waals surface area contributed by atoms with Crippen molar-refractivity contribution in [2.75, 3.05) is 0 Å². The van der Waals surface area contributed by atoms with Gasteiger partial charge in [0.15, 0.2) is 0 Å². The SMILES string of the molecule is C[C](=[W])n1cccc1.[C-]#[O+].[C-]#[O+].[C-]#[O+].[C-]#[O+].[C-]#[O+]. The standard InChI is InChI=1S/C6H7N.5CO.W/c1-2-7-5-3-4-6-7;5*1-2;/h3-6H,1H3;;;;;;. The average Bonchev–Trinajstić information content (AvgIpc) is 3.04. The Morgan fingerprint density at radius 3 is 1.11 bits per heavy atom. The summed E-state index contributed by atoms with van der Waals surface area (Å²) in [7, 11) is 0. The minimum absolute atomic E-state index is 1.38. The molecule has 1 aromatic rings. The first-order valence-electron chi connectivity index (χ1n) is 3.46. The molecule has 1 heterocycles. The van der Waals surface area contributed by atoms with Crippen molar-refractivity contribution in [1.82, 2.24) is 4.57 Å². The van der Waals surface area contributed by atoms with Gasteiger partial charge in [0.25, 0.3) is 0 Å². The molecule has 0 saturated heterocycles. The first kappa shape index (κ1) is 30.0. The zero-order valence-corrected chi connectivity index (χ0v) is 12.1. The fraction of sp³-hybridized carbons (Fsp3) is 0.0909. The fourth-order valence-corrected chi connectivity index (χ4v) is 0.982. The molecule has 0 amide bonds. The molecular weight excluding hydrogens is 410 g/mol. The molecule has 0 saturated carbocycles. The predicted molar refractivity (Wildman–Crippen MR) is 50.2 cm³/mol. The summed E-state index contributed by atoms with van der Waals surface area (Å²) >= 11 is 1.52. The van der Waals surface area contributed by atoms with E-state index in [4.69, 9.17) is 23.3 Å². The Morgan fingerprint density at radius 2 is 1.00 bits per heavy atom. The van der Waals surface area contributed by atoms with E-state index in [0.717, 1.165) is 0 Å². The van der Waals surface area contributed by atoms with Crippen LogP contribution in [0.3, 0.4) is 0 Å². The molecule has 7 heteroatoms. The van der Waals surface area contributed by atoms with Gasteiger partial charge in [-0.2, -0.15) is 0 Å². The molecule has 0 aliphatic rings. The van der Waals surface area contributed by atoms with Gasteiger partial charge < -0.3 is 0 Å². The van der Waals surface area contributed by atoms with Crippen LogP contribution < -0.4 is 0 Å². The number of nitrogens with zero attached hydrogens (tertiary/aromatic N) is 1. The van der Waals surface area contributed by atoms with E-state index in [1.807, 2.05) is 12.1 Å². The van der Waals surface area contributed by atoms with E-state index in [-0.39, 0.29) is 0 Å². The van der Waals surface area contributed by atoms with Crippen molar-refractivity contribution < 1.29 is 42.6 Å². The van der Waals surface area contributed by atoms with Crippen LogP contribution in [0, 0.1) is 33.3 Å². The van der Waals surface area contributed by atoms with Crippen LogP contribution >= 0.6 is 0 Å². The van der Waals surface area contributed by atoms with Crippen LogP contribution in [0.25, 0.3) is 0 Å². The summed E-state index contributed by atoms with van der Waals surface area (Å²) in [5, 5.41) is 0. The molecule has 92 valence electrons. The molecular formula is C11H7NO5W. The Bertz CT molecular complexity index is 324. The van der Waals surface area contributed by atoms with Gasteiger partial charge >= 0.3 is 116 Å². The Morgan fingerprint density at radius 1 is 0.778 bits per heavy atom. The van der Waals surface area contributed by atoms with Gasteiger partial charge in [-0.05, 0) is 0 Å². The molecule has 0 fully saturated rings. The normalized spacial score (nSPS) is 4.61. The Balaban J connectivity index is -0.0000000482. The van der Waals surface area contributed by atoms with Gasteiger partial charge in [-0.25, -0.2) is 0 Å². The van der Waals surface area contributed by atoms with E-state index < -0.39 is 0 Å². The number of aromatic nitrogens is 1. The first-order valence-corrected chi connectivity index (χ1v) is 4.93. The monoisotopic (exact) mass is 417 g/mol. The average molecular weight is 417 g/mol. The van der Waals surface area contributed by atoms with Gasteiger partial charge in [0.2, 0.25) is 0 Å². The van der Waals surface area contributed by atoms with Gasteiger partial charge in [0.1, 0.15) is 0 Å². The van der Waals surface area contributed by atoms with Gasteiger partial charge in [0.05, 0.1) is 0 Å². The third-order valence-corrected chi connectivity index (χ3v) is 1.73. The van der Waals surface area contributed by atoms with Gasteiger partial charge in [-0.1, -0.05) is 0 Å². The second-order valence-corrected chi connectivity index (χ2v) is 3.73. The van der Waals surface area contributed by atoms with Crippen LogP contribution in [0.4, 0.5) is 0 Å². The second-order valence-electron chi connectivity index (χ2n) is 1.61. The first-order chi connectivity index (χ1) is 8.80. The third kappa shape index (κ3) is 29.3. The molecule has 6 nitrogen and oxygen atoms in total. The van der Waals surface area contributed by atoms with E-state index >= 15 is 0 Å². The van der Waals surface area contributed by atoms with Crippen molar-refractivity contribution in [1.29, 1.82) is 0 Å². The number of rotatable bonds is 1. The van der Waals surface area contributed by atoms with Crippen LogP contribution in [0.15, 0.2) is 24.5 Å². The summed E-state index contributed by atoms with van der Waals surface area (Å²) in [5.74, 6) is 0. The zero-order chi connectivity index (χ0) is 16.0. The van der Waals surface area contributed by atoms with Crippen molar-refractivity contribution in [3.63, 3.8) is 0 Å². The van der Waals surface area contributed by atoms with Crippen LogP contribution in [0.1, 0.15) is 6.92 Å². The summed E-state index contributed by atoms with van der Waals surface area (Å²) in [6.45, 7) is 24.6. The van der Waals surface area contributed by atoms with Crippen molar-refractivity contribution in [2.45, 2.75) is 6.92 Å². The van der Waals surface area contributed by atoms with Crippen molar-refractivity contribution in [3.8, 4) is 0 Å². The topological polar surface area (TPSA) is 104 Å². The van der Waals surface area contributed by atoms with Crippen LogP contribution in [-0.2, 0) is 42.6 Å². The third-order valence-electron chi connectivity index (χ3n) is 0.968. The molecule has 0 radical (unpaired) electrons. The number of hydrogen-bond donors (Lipinski definition) is 0. The summed E-state index contributed by atoms with van der Waals surface area (Å²) in [4.78, 5) is 0. The van der Waals surface area contributed by atoms with Crippen molar-refractivity contribution in [3.05, 3.63) is 57.8 Å². The molecule has 0 bridgehead atoms. The summed E-state index contributed by atoms with van der Waals surface area (Å²) < 4.78 is 41.0. The van der Waals surface area contributed by atoms with Gasteiger partial charge in [-0.15, -0.1) is 0 Å². The van der Waals surface area contributed by atoms with Crippen molar-refractivity contribution >= 4 is 4.02 Å². The quantitative estimate of drug-likeness (QED) is 0.478. The summed E-state index contributed by atoms with van der Waals surface area (Å²) in [5.41, 5.74) is 0. The number of hydrogen-bond acceptors (Lipinski definition) is 0. The molecule has 0 spiro atoms. The Labute approximate surface area is 116 Å². The maximum absolute atomic E-state index is 7.50. The molecule has 0 aliphatic carbocycles. The molecule has 0 N–H and O–H groups in total. The molecule has 1 aromatic heterocycles. The molecule has 18 heavy (non-hydrogen) atoms. The zero-order valence-electron chi connectivity index (χ0n) is 9.21. The molecule has 0 aliphatic heterocycles. The molecule has 0 aromatic carbocycles. The fourth-order valence-electron chi connectivity index (χ4n) is 0.544. The van der Waals surface area contributed by atoms with E-state index in [1.165, 1.54) is 23.4 Å². The van der Waals surface area contributed by atoms with E-state index in [1.54, 1.807) is 0 Å².